The Kier molecular flexibility index (Phi) is 9.36. The van der Waals surface area contributed by atoms with Crippen LogP contribution >= 0.6 is 0 Å². The first kappa shape index (κ1) is 29.2. The van der Waals surface area contributed by atoms with Crippen molar-refractivity contribution in [1.29, 1.82) is 0 Å². The molecule has 1 atom stereocenters. The zero-order valence-electron chi connectivity index (χ0n) is 25.6. The molecule has 0 radical (unpaired) electrons. The van der Waals surface area contributed by atoms with Crippen molar-refractivity contribution in [3.63, 3.8) is 0 Å². The van der Waals surface area contributed by atoms with E-state index in [1.54, 1.807) is 0 Å². The maximum absolute atomic E-state index is 13.4. The molecule has 0 bridgehead atoms. The number of fused-ring (bicyclic) bond motifs is 1. The van der Waals surface area contributed by atoms with Gasteiger partial charge in [-0.25, -0.2) is 0 Å². The topological polar surface area (TPSA) is 51.7 Å². The number of aromatic nitrogens is 1. The Hall–Kier alpha value is -3.28. The largest absolute Gasteiger partial charge is 0.328 e. The van der Waals surface area contributed by atoms with E-state index in [-0.39, 0.29) is 11.5 Å². The first-order valence-corrected chi connectivity index (χ1v) is 15.5. The average Bonchev–Trinajstić information content (AvgIpc) is 3.17. The van der Waals surface area contributed by atoms with E-state index in [9.17, 15) is 4.79 Å². The molecular formula is C36H46N4O. The van der Waals surface area contributed by atoms with Gasteiger partial charge in [-0.1, -0.05) is 51.1 Å². The van der Waals surface area contributed by atoms with Crippen molar-refractivity contribution in [2.45, 2.75) is 60.3 Å². The number of aliphatic imine (C=N–C) groups is 1. The molecule has 41 heavy (non-hydrogen) atoms. The summed E-state index contributed by atoms with van der Waals surface area (Å²) in [5.74, 6) is 0.151. The Morgan fingerprint density at radius 1 is 0.927 bits per heavy atom. The number of benzene rings is 2. The van der Waals surface area contributed by atoms with Crippen LogP contribution in [0.4, 0.5) is 5.69 Å². The van der Waals surface area contributed by atoms with E-state index in [4.69, 9.17) is 4.99 Å². The summed E-state index contributed by atoms with van der Waals surface area (Å²) in [5.41, 5.74) is 11.1. The minimum atomic E-state index is -0.0572. The molecule has 3 aromatic rings. The minimum Gasteiger partial charge on any atom is -0.328 e. The zero-order chi connectivity index (χ0) is 28.9. The molecule has 0 spiro atoms. The number of piperazine rings is 1. The van der Waals surface area contributed by atoms with Crippen LogP contribution in [0.25, 0.3) is 11.6 Å². The van der Waals surface area contributed by atoms with Gasteiger partial charge in [0.25, 0.3) is 5.56 Å². The molecule has 1 unspecified atom stereocenters. The highest BCUT2D eigenvalue weighted by atomic mass is 16.1. The summed E-state index contributed by atoms with van der Waals surface area (Å²) in [6.45, 7) is 17.8. The van der Waals surface area contributed by atoms with Crippen LogP contribution in [0.15, 0.2) is 58.4 Å². The third kappa shape index (κ3) is 6.63. The van der Waals surface area contributed by atoms with Crippen molar-refractivity contribution in [2.75, 3.05) is 39.3 Å². The number of nitrogens with zero attached hydrogens (tertiary/aromatic N) is 3. The standard InChI is InChI=1S/C36H46N4O/c1-6-28-21-30(12-9-25(28)4)31-22-29(7-2)35(34-33(23-31)26(5)24-37-36(34)41)38-32-13-10-27(11-14-32)15-16-40-19-17-39(8-3)18-20-40/h9-14,21,23-24,29H,6-8,15-20,22H2,1-5H3,(H,37,41). The van der Waals surface area contributed by atoms with Gasteiger partial charge in [-0.15, -0.1) is 0 Å². The average molecular weight is 551 g/mol. The van der Waals surface area contributed by atoms with Gasteiger partial charge in [0.1, 0.15) is 0 Å². The van der Waals surface area contributed by atoms with Crippen LogP contribution in [0.5, 0.6) is 0 Å². The second-order valence-corrected chi connectivity index (χ2v) is 11.8. The molecule has 2 heterocycles. The number of nitrogens with one attached hydrogen (secondary N) is 1. The van der Waals surface area contributed by atoms with Crippen molar-refractivity contribution < 1.29 is 0 Å². The Labute approximate surface area is 246 Å². The minimum absolute atomic E-state index is 0.0572. The number of aryl methyl sites for hydroxylation is 3. The fourth-order valence-electron chi connectivity index (χ4n) is 6.31. The fourth-order valence-corrected chi connectivity index (χ4v) is 6.31. The van der Waals surface area contributed by atoms with E-state index >= 15 is 0 Å². The monoisotopic (exact) mass is 550 g/mol. The number of H-pyrrole nitrogens is 1. The smallest absolute Gasteiger partial charge is 0.257 e. The maximum Gasteiger partial charge on any atom is 0.257 e. The number of hydrogen-bond acceptors (Lipinski definition) is 4. The van der Waals surface area contributed by atoms with Crippen LogP contribution in [0, 0.1) is 19.8 Å². The van der Waals surface area contributed by atoms with Crippen molar-refractivity contribution in [1.82, 2.24) is 14.8 Å². The summed E-state index contributed by atoms with van der Waals surface area (Å²) >= 11 is 0. The number of rotatable bonds is 8. The van der Waals surface area contributed by atoms with Gasteiger partial charge in [0.2, 0.25) is 0 Å². The Bertz CT molecular complexity index is 1470. The van der Waals surface area contributed by atoms with Crippen molar-refractivity contribution >= 4 is 23.0 Å². The molecule has 1 aliphatic heterocycles. The van der Waals surface area contributed by atoms with Gasteiger partial charge in [-0.2, -0.15) is 0 Å². The lowest BCUT2D eigenvalue weighted by Gasteiger charge is -2.34. The fraction of sp³-hybridized carbons (Fsp3) is 0.444. The Balaban J connectivity index is 1.43. The van der Waals surface area contributed by atoms with Crippen LogP contribution in [0.2, 0.25) is 0 Å². The molecular weight excluding hydrogens is 504 g/mol. The number of allylic oxidation sites excluding steroid dienone is 1. The predicted molar refractivity (Wildman–Crippen MR) is 174 cm³/mol. The van der Waals surface area contributed by atoms with Gasteiger partial charge >= 0.3 is 0 Å². The van der Waals surface area contributed by atoms with E-state index in [1.165, 1.54) is 40.9 Å². The summed E-state index contributed by atoms with van der Waals surface area (Å²) < 4.78 is 0. The lowest BCUT2D eigenvalue weighted by Crippen LogP contribution is -2.46. The van der Waals surface area contributed by atoms with Gasteiger partial charge in [0.15, 0.2) is 0 Å². The zero-order valence-corrected chi connectivity index (χ0v) is 25.6. The van der Waals surface area contributed by atoms with Crippen LogP contribution in [-0.4, -0.2) is 59.8 Å². The molecule has 5 rings (SSSR count). The molecule has 5 heteroatoms. The molecule has 216 valence electrons. The SMILES string of the molecule is CCc1cc(C2=Cc3c(C)c[nH]c(=O)c3C(=Nc3ccc(CCN4CCN(CC)CC4)cc3)C(CC)C2)ccc1C. The van der Waals surface area contributed by atoms with Crippen LogP contribution < -0.4 is 5.56 Å². The highest BCUT2D eigenvalue weighted by Crippen LogP contribution is 2.36. The quantitative estimate of drug-likeness (QED) is 0.335. The van der Waals surface area contributed by atoms with E-state index in [2.05, 4.69) is 97.9 Å². The Morgan fingerprint density at radius 3 is 2.34 bits per heavy atom. The molecule has 1 aromatic heterocycles. The molecule has 1 fully saturated rings. The molecule has 5 nitrogen and oxygen atoms in total. The molecule has 1 aliphatic carbocycles. The van der Waals surface area contributed by atoms with E-state index < -0.39 is 0 Å². The molecule has 0 amide bonds. The molecule has 2 aromatic carbocycles. The van der Waals surface area contributed by atoms with Gasteiger partial charge < -0.3 is 14.8 Å². The summed E-state index contributed by atoms with van der Waals surface area (Å²) in [6, 6.07) is 15.5. The Morgan fingerprint density at radius 2 is 1.66 bits per heavy atom. The first-order valence-electron chi connectivity index (χ1n) is 15.5. The highest BCUT2D eigenvalue weighted by molar-refractivity contribution is 6.09. The van der Waals surface area contributed by atoms with E-state index in [1.807, 2.05) is 6.20 Å². The lowest BCUT2D eigenvalue weighted by molar-refractivity contribution is 0.138. The predicted octanol–water partition coefficient (Wildman–Crippen LogP) is 6.83. The number of likely N-dealkylation sites (N-methyl/N-ethyl adjacent to an activating group) is 1. The van der Waals surface area contributed by atoms with E-state index in [0.29, 0.717) is 0 Å². The summed E-state index contributed by atoms with van der Waals surface area (Å²) in [5, 5.41) is 0. The molecule has 0 saturated carbocycles. The lowest BCUT2D eigenvalue weighted by atomic mass is 9.88. The first-order chi connectivity index (χ1) is 19.9. The van der Waals surface area contributed by atoms with Gasteiger partial charge in [0, 0.05) is 44.8 Å². The molecule has 1 N–H and O–H groups in total. The maximum atomic E-state index is 13.4. The van der Waals surface area contributed by atoms with Crippen molar-refractivity contribution in [3.8, 4) is 0 Å². The summed E-state index contributed by atoms with van der Waals surface area (Å²) in [7, 11) is 0. The molecule has 2 aliphatic rings. The van der Waals surface area contributed by atoms with Gasteiger partial charge in [-0.05, 0) is 103 Å². The van der Waals surface area contributed by atoms with Gasteiger partial charge in [0.05, 0.1) is 17.0 Å². The number of aromatic amines is 1. The van der Waals surface area contributed by atoms with Crippen molar-refractivity contribution in [3.05, 3.63) is 98.0 Å². The third-order valence-corrected chi connectivity index (χ3v) is 9.18. The van der Waals surface area contributed by atoms with Crippen molar-refractivity contribution in [2.24, 2.45) is 10.9 Å². The second kappa shape index (κ2) is 13.1. The number of pyridine rings is 1. The third-order valence-electron chi connectivity index (χ3n) is 9.18. The van der Waals surface area contributed by atoms with Crippen LogP contribution in [0.3, 0.4) is 0 Å². The van der Waals surface area contributed by atoms with E-state index in [0.717, 1.165) is 80.0 Å². The molecule has 1 saturated heterocycles. The van der Waals surface area contributed by atoms with Crippen LogP contribution in [-0.2, 0) is 12.8 Å². The normalized spacial score (nSPS) is 19.2. The second-order valence-electron chi connectivity index (χ2n) is 11.8. The number of hydrogen-bond donors (Lipinski definition) is 1. The summed E-state index contributed by atoms with van der Waals surface area (Å²) in [6.07, 6.45) is 7.92. The van der Waals surface area contributed by atoms with Crippen LogP contribution in [0.1, 0.15) is 72.6 Å². The summed E-state index contributed by atoms with van der Waals surface area (Å²) in [4.78, 5) is 26.7. The van der Waals surface area contributed by atoms with Gasteiger partial charge in [-0.3, -0.25) is 9.79 Å². The highest BCUT2D eigenvalue weighted by Gasteiger charge is 2.27.